The summed E-state index contributed by atoms with van der Waals surface area (Å²) in [7, 11) is -1.92. The second-order valence-electron chi connectivity index (χ2n) is 9.41. The van der Waals surface area contributed by atoms with E-state index in [9.17, 15) is 26.4 Å². The number of hydrogen-bond acceptors (Lipinski definition) is 8. The number of piperazine rings is 1. The SMILES string of the molecule is C=C(F)C(=O)N1CCN(c2ncnc3ccc(-c4cnc(OC)c(N(C)S(=O)(=O)c5ccc(F)cc5F)c4)cc23)CC1. The molecule has 0 bridgehead atoms. The normalized spacial score (nSPS) is 13.7. The van der Waals surface area contributed by atoms with Gasteiger partial charge in [0.15, 0.2) is 5.83 Å². The highest BCUT2D eigenvalue weighted by Crippen LogP contribution is 2.36. The number of anilines is 2. The van der Waals surface area contributed by atoms with Gasteiger partial charge in [-0.2, -0.15) is 0 Å². The van der Waals surface area contributed by atoms with Crippen LogP contribution in [0.2, 0.25) is 0 Å². The molecule has 0 radical (unpaired) electrons. The molecule has 2 aromatic carbocycles. The number of benzene rings is 2. The van der Waals surface area contributed by atoms with Crippen molar-refractivity contribution in [1.29, 1.82) is 0 Å². The summed E-state index contributed by atoms with van der Waals surface area (Å²) in [5.41, 5.74) is 1.84. The first-order valence-electron chi connectivity index (χ1n) is 12.6. The van der Waals surface area contributed by atoms with Crippen LogP contribution in [0.4, 0.5) is 24.7 Å². The third kappa shape index (κ3) is 5.32. The third-order valence-corrected chi connectivity index (χ3v) is 8.75. The third-order valence-electron chi connectivity index (χ3n) is 6.94. The van der Waals surface area contributed by atoms with Gasteiger partial charge in [0.05, 0.1) is 12.6 Å². The van der Waals surface area contributed by atoms with Gasteiger partial charge in [0.2, 0.25) is 5.88 Å². The summed E-state index contributed by atoms with van der Waals surface area (Å²) in [6, 6.07) is 9.13. The van der Waals surface area contributed by atoms with Crippen molar-refractivity contribution in [2.45, 2.75) is 4.90 Å². The van der Waals surface area contributed by atoms with Crippen LogP contribution in [0.25, 0.3) is 22.0 Å². The number of nitrogens with zero attached hydrogens (tertiary/aromatic N) is 6. The van der Waals surface area contributed by atoms with Gasteiger partial charge in [0, 0.05) is 56.4 Å². The van der Waals surface area contributed by atoms with Gasteiger partial charge in [-0.25, -0.2) is 36.5 Å². The first-order chi connectivity index (χ1) is 20.0. The first-order valence-corrected chi connectivity index (χ1v) is 14.1. The second kappa shape index (κ2) is 11.3. The Morgan fingerprint density at radius 1 is 1.00 bits per heavy atom. The molecule has 5 rings (SSSR count). The Labute approximate surface area is 239 Å². The van der Waals surface area contributed by atoms with Crippen LogP contribution >= 0.6 is 0 Å². The van der Waals surface area contributed by atoms with E-state index in [1.807, 2.05) is 11.0 Å². The molecule has 1 aliphatic rings. The van der Waals surface area contributed by atoms with Gasteiger partial charge in [0.1, 0.15) is 34.4 Å². The Morgan fingerprint density at radius 3 is 2.40 bits per heavy atom. The number of carbonyl (C=O) groups is 1. The molecule has 42 heavy (non-hydrogen) atoms. The number of fused-ring (bicyclic) bond motifs is 1. The van der Waals surface area contributed by atoms with Crippen LogP contribution < -0.4 is 13.9 Å². The molecule has 218 valence electrons. The topological polar surface area (TPSA) is 109 Å². The summed E-state index contributed by atoms with van der Waals surface area (Å²) >= 11 is 0. The van der Waals surface area contributed by atoms with E-state index in [0.29, 0.717) is 47.0 Å². The molecule has 0 saturated carbocycles. The van der Waals surface area contributed by atoms with E-state index in [1.54, 1.807) is 12.1 Å². The maximum Gasteiger partial charge on any atom is 0.282 e. The minimum absolute atomic E-state index is 0.0265. The monoisotopic (exact) mass is 598 g/mol. The molecule has 0 N–H and O–H groups in total. The molecule has 14 heteroatoms. The maximum atomic E-state index is 14.4. The maximum absolute atomic E-state index is 14.4. The molecule has 4 aromatic rings. The van der Waals surface area contributed by atoms with E-state index < -0.39 is 38.3 Å². The molecule has 1 saturated heterocycles. The molecular formula is C28H25F3N6O4S. The molecule has 0 unspecified atom stereocenters. The Hall–Kier alpha value is -4.72. The zero-order valence-electron chi connectivity index (χ0n) is 22.6. The van der Waals surface area contributed by atoms with Crippen molar-refractivity contribution in [2.75, 3.05) is 49.5 Å². The highest BCUT2D eigenvalue weighted by molar-refractivity contribution is 7.92. The minimum atomic E-state index is -4.45. The van der Waals surface area contributed by atoms with Crippen LogP contribution in [0.15, 0.2) is 72.3 Å². The van der Waals surface area contributed by atoms with Gasteiger partial charge in [-0.05, 0) is 35.9 Å². The number of carbonyl (C=O) groups excluding carboxylic acids is 1. The fourth-order valence-corrected chi connectivity index (χ4v) is 5.94. The van der Waals surface area contributed by atoms with Crippen molar-refractivity contribution in [3.05, 3.63) is 79.0 Å². The lowest BCUT2D eigenvalue weighted by Gasteiger charge is -2.35. The van der Waals surface area contributed by atoms with Crippen molar-refractivity contribution in [3.63, 3.8) is 0 Å². The van der Waals surface area contributed by atoms with Crippen LogP contribution in [0.1, 0.15) is 0 Å². The highest BCUT2D eigenvalue weighted by Gasteiger charge is 2.29. The summed E-state index contributed by atoms with van der Waals surface area (Å²) in [6.45, 7) is 4.47. The predicted molar refractivity (Wildman–Crippen MR) is 150 cm³/mol. The molecule has 1 fully saturated rings. The van der Waals surface area contributed by atoms with Crippen molar-refractivity contribution in [3.8, 4) is 17.0 Å². The first kappa shape index (κ1) is 28.8. The molecule has 3 heterocycles. The molecule has 10 nitrogen and oxygen atoms in total. The summed E-state index contributed by atoms with van der Waals surface area (Å²) in [6.07, 6.45) is 2.93. The summed E-state index contributed by atoms with van der Waals surface area (Å²) in [5, 5.41) is 0.691. The van der Waals surface area contributed by atoms with Gasteiger partial charge in [0.25, 0.3) is 15.9 Å². The fraction of sp³-hybridized carbons (Fsp3) is 0.214. The van der Waals surface area contributed by atoms with Gasteiger partial charge in [-0.15, -0.1) is 0 Å². The van der Waals surface area contributed by atoms with Crippen LogP contribution in [-0.2, 0) is 14.8 Å². The zero-order chi connectivity index (χ0) is 30.2. The molecule has 2 aromatic heterocycles. The van der Waals surface area contributed by atoms with Crippen molar-refractivity contribution < 1.29 is 31.1 Å². The largest absolute Gasteiger partial charge is 0.479 e. The number of methoxy groups -OCH3 is 1. The van der Waals surface area contributed by atoms with Gasteiger partial charge >= 0.3 is 0 Å². The molecule has 1 amide bonds. The van der Waals surface area contributed by atoms with E-state index >= 15 is 0 Å². The number of pyridine rings is 1. The van der Waals surface area contributed by atoms with Gasteiger partial charge in [-0.3, -0.25) is 9.10 Å². The summed E-state index contributed by atoms with van der Waals surface area (Å²) < 4.78 is 73.9. The molecule has 1 aliphatic heterocycles. The Morgan fingerprint density at radius 2 is 1.74 bits per heavy atom. The molecule has 0 spiro atoms. The quantitative estimate of drug-likeness (QED) is 0.295. The minimum Gasteiger partial charge on any atom is -0.479 e. The average molecular weight is 599 g/mol. The molecule has 0 aliphatic carbocycles. The van der Waals surface area contributed by atoms with E-state index in [-0.39, 0.29) is 24.7 Å². The van der Waals surface area contributed by atoms with Gasteiger partial charge in [-0.1, -0.05) is 12.6 Å². The number of halogens is 3. The number of amides is 1. The zero-order valence-corrected chi connectivity index (χ0v) is 23.4. The summed E-state index contributed by atoms with van der Waals surface area (Å²) in [4.78, 5) is 27.7. The van der Waals surface area contributed by atoms with E-state index in [0.717, 1.165) is 16.4 Å². The lowest BCUT2D eigenvalue weighted by molar-refractivity contribution is -0.128. The van der Waals surface area contributed by atoms with Crippen LogP contribution in [-0.4, -0.2) is 74.5 Å². The number of rotatable bonds is 7. The smallest absolute Gasteiger partial charge is 0.282 e. The van der Waals surface area contributed by atoms with Crippen LogP contribution in [0.5, 0.6) is 5.88 Å². The predicted octanol–water partition coefficient (Wildman–Crippen LogP) is 3.94. The van der Waals surface area contributed by atoms with Crippen molar-refractivity contribution >= 4 is 38.3 Å². The van der Waals surface area contributed by atoms with Gasteiger partial charge < -0.3 is 14.5 Å². The van der Waals surface area contributed by atoms with E-state index in [2.05, 4.69) is 21.5 Å². The van der Waals surface area contributed by atoms with E-state index in [1.165, 1.54) is 37.6 Å². The standard InChI is InChI=1S/C28H25F3N6O4S/c1-17(29)28(38)37-10-8-36(9-11-37)26-21-12-18(4-6-23(21)33-16-34-26)19-13-24(27(41-3)32-15-19)35(2)42(39,40)25-7-5-20(30)14-22(25)31/h4-7,12-16H,1,8-11H2,2-3H3. The Kier molecular flexibility index (Phi) is 7.73. The fourth-order valence-electron chi connectivity index (χ4n) is 4.71. The number of hydrogen-bond donors (Lipinski definition) is 0. The van der Waals surface area contributed by atoms with Crippen LogP contribution in [0.3, 0.4) is 0 Å². The van der Waals surface area contributed by atoms with E-state index in [4.69, 9.17) is 4.74 Å². The average Bonchev–Trinajstić information content (AvgIpc) is 2.99. The molecular weight excluding hydrogens is 573 g/mol. The summed E-state index contributed by atoms with van der Waals surface area (Å²) in [5.74, 6) is -3.29. The van der Waals surface area contributed by atoms with Crippen molar-refractivity contribution in [1.82, 2.24) is 19.9 Å². The number of sulfonamides is 1. The lowest BCUT2D eigenvalue weighted by Crippen LogP contribution is -2.49. The number of aromatic nitrogens is 3. The molecule has 0 atom stereocenters. The Balaban J connectivity index is 1.51. The highest BCUT2D eigenvalue weighted by atomic mass is 32.2. The Bertz CT molecular complexity index is 1810. The lowest BCUT2D eigenvalue weighted by atomic mass is 10.0. The second-order valence-corrected chi connectivity index (χ2v) is 11.4. The van der Waals surface area contributed by atoms with Crippen molar-refractivity contribution in [2.24, 2.45) is 0 Å². The number of ether oxygens (including phenoxy) is 1. The van der Waals surface area contributed by atoms with Crippen LogP contribution in [0, 0.1) is 11.6 Å².